The summed E-state index contributed by atoms with van der Waals surface area (Å²) in [7, 11) is 1.65. The fourth-order valence-electron chi connectivity index (χ4n) is 2.62. The molecule has 0 saturated heterocycles. The quantitative estimate of drug-likeness (QED) is 0.915. The van der Waals surface area contributed by atoms with Crippen molar-refractivity contribution in [2.75, 3.05) is 13.7 Å². The zero-order valence-corrected chi connectivity index (χ0v) is 13.2. The lowest BCUT2D eigenvalue weighted by Crippen LogP contribution is -2.32. The molecule has 1 amide bonds. The van der Waals surface area contributed by atoms with Crippen molar-refractivity contribution in [3.05, 3.63) is 39.6 Å². The number of methoxy groups -OCH3 is 1. The second kappa shape index (κ2) is 5.27. The van der Waals surface area contributed by atoms with Crippen molar-refractivity contribution in [2.24, 2.45) is 5.41 Å². The second-order valence-corrected chi connectivity index (χ2v) is 7.08. The van der Waals surface area contributed by atoms with Crippen molar-refractivity contribution in [3.63, 3.8) is 0 Å². The van der Waals surface area contributed by atoms with Crippen LogP contribution < -0.4 is 5.32 Å². The van der Waals surface area contributed by atoms with E-state index in [0.717, 1.165) is 17.0 Å². The summed E-state index contributed by atoms with van der Waals surface area (Å²) in [5, 5.41) is 4.94. The van der Waals surface area contributed by atoms with Crippen LogP contribution in [0, 0.1) is 5.41 Å². The number of fused-ring (bicyclic) bond motifs is 1. The van der Waals surface area contributed by atoms with Gasteiger partial charge in [0.15, 0.2) is 0 Å². The Bertz CT molecular complexity index is 646. The second-order valence-electron chi connectivity index (χ2n) is 6.10. The number of amides is 1. The number of nitrogens with one attached hydrogen (secondary N) is 2. The number of hydrogen-bond acceptors (Lipinski definition) is 4. The Morgan fingerprint density at radius 1 is 1.48 bits per heavy atom. The Kier molecular flexibility index (Phi) is 3.59. The standard InChI is InChI=1S/C15H19N3O2S/c1-15(2)7-9-11(14(19)16-8-15)18-13(17-9)12(20-3)10-5-4-6-21-10/h4-6,12H,7-8H2,1-3H3,(H,16,19)(H,17,18)/t12-/m1/s1. The number of ether oxygens (including phenoxy) is 1. The largest absolute Gasteiger partial charge is 0.368 e. The highest BCUT2D eigenvalue weighted by Gasteiger charge is 2.31. The monoisotopic (exact) mass is 305 g/mol. The summed E-state index contributed by atoms with van der Waals surface area (Å²) in [5.74, 6) is 0.580. The Morgan fingerprint density at radius 2 is 2.29 bits per heavy atom. The van der Waals surface area contributed by atoms with E-state index in [9.17, 15) is 4.79 Å². The van der Waals surface area contributed by atoms with Crippen molar-refractivity contribution >= 4 is 17.2 Å². The van der Waals surface area contributed by atoms with Crippen LogP contribution in [0.4, 0.5) is 0 Å². The fourth-order valence-corrected chi connectivity index (χ4v) is 3.42. The molecule has 1 aliphatic heterocycles. The van der Waals surface area contributed by atoms with Gasteiger partial charge in [-0.15, -0.1) is 11.3 Å². The van der Waals surface area contributed by atoms with E-state index in [1.54, 1.807) is 18.4 Å². The van der Waals surface area contributed by atoms with Crippen molar-refractivity contribution < 1.29 is 9.53 Å². The van der Waals surface area contributed by atoms with Gasteiger partial charge < -0.3 is 15.0 Å². The molecule has 2 aromatic rings. The van der Waals surface area contributed by atoms with E-state index >= 15 is 0 Å². The molecule has 6 heteroatoms. The van der Waals surface area contributed by atoms with Crippen molar-refractivity contribution in [1.82, 2.24) is 15.3 Å². The van der Waals surface area contributed by atoms with Crippen LogP contribution in [0.25, 0.3) is 0 Å². The van der Waals surface area contributed by atoms with Gasteiger partial charge in [-0.3, -0.25) is 4.79 Å². The summed E-state index contributed by atoms with van der Waals surface area (Å²) < 4.78 is 5.56. The van der Waals surface area contributed by atoms with Gasteiger partial charge in [0.2, 0.25) is 0 Å². The molecular weight excluding hydrogens is 286 g/mol. The smallest absolute Gasteiger partial charge is 0.271 e. The molecule has 0 saturated carbocycles. The lowest BCUT2D eigenvalue weighted by atomic mass is 9.88. The lowest BCUT2D eigenvalue weighted by molar-refractivity contribution is 0.0939. The minimum atomic E-state index is -0.257. The molecule has 0 aliphatic carbocycles. The van der Waals surface area contributed by atoms with Crippen LogP contribution in [0.15, 0.2) is 17.5 Å². The molecule has 1 aliphatic rings. The maximum absolute atomic E-state index is 12.2. The molecule has 0 aromatic carbocycles. The minimum Gasteiger partial charge on any atom is -0.368 e. The van der Waals surface area contributed by atoms with Crippen molar-refractivity contribution in [3.8, 4) is 0 Å². The van der Waals surface area contributed by atoms with Crippen LogP contribution >= 0.6 is 11.3 Å². The van der Waals surface area contributed by atoms with Crippen LogP contribution in [0.5, 0.6) is 0 Å². The molecule has 3 rings (SSSR count). The maximum Gasteiger partial charge on any atom is 0.271 e. The normalized spacial score (nSPS) is 18.7. The van der Waals surface area contributed by atoms with Crippen LogP contribution in [-0.4, -0.2) is 29.5 Å². The number of carbonyl (C=O) groups excluding carboxylic acids is 1. The van der Waals surface area contributed by atoms with Crippen LogP contribution in [-0.2, 0) is 11.2 Å². The summed E-state index contributed by atoms with van der Waals surface area (Å²) in [4.78, 5) is 21.0. The van der Waals surface area contributed by atoms with E-state index < -0.39 is 0 Å². The van der Waals surface area contributed by atoms with Gasteiger partial charge in [-0.2, -0.15) is 0 Å². The van der Waals surface area contributed by atoms with Gasteiger partial charge in [-0.1, -0.05) is 19.9 Å². The molecule has 5 nitrogen and oxygen atoms in total. The average Bonchev–Trinajstić information content (AvgIpc) is 3.05. The molecule has 21 heavy (non-hydrogen) atoms. The number of aromatic amines is 1. The van der Waals surface area contributed by atoms with Crippen LogP contribution in [0.1, 0.15) is 46.8 Å². The van der Waals surface area contributed by atoms with Gasteiger partial charge in [0.05, 0.1) is 0 Å². The summed E-state index contributed by atoms with van der Waals surface area (Å²) in [5.41, 5.74) is 1.40. The van der Waals surface area contributed by atoms with E-state index in [4.69, 9.17) is 4.74 Å². The van der Waals surface area contributed by atoms with E-state index in [2.05, 4.69) is 29.1 Å². The molecule has 0 spiro atoms. The fraction of sp³-hybridized carbons (Fsp3) is 0.467. The van der Waals surface area contributed by atoms with Gasteiger partial charge in [0.1, 0.15) is 17.6 Å². The van der Waals surface area contributed by atoms with Gasteiger partial charge in [-0.05, 0) is 23.3 Å². The number of rotatable bonds is 3. The Morgan fingerprint density at radius 3 is 2.95 bits per heavy atom. The molecule has 112 valence electrons. The zero-order chi connectivity index (χ0) is 15.0. The third kappa shape index (κ3) is 2.73. The number of nitrogens with zero attached hydrogens (tertiary/aromatic N) is 1. The lowest BCUT2D eigenvalue weighted by Gasteiger charge is -2.21. The van der Waals surface area contributed by atoms with Gasteiger partial charge in [0, 0.05) is 24.2 Å². The van der Waals surface area contributed by atoms with E-state index in [-0.39, 0.29) is 17.4 Å². The molecular formula is C15H19N3O2S. The molecule has 0 radical (unpaired) electrons. The number of H-pyrrole nitrogens is 1. The average molecular weight is 305 g/mol. The zero-order valence-electron chi connectivity index (χ0n) is 12.4. The van der Waals surface area contributed by atoms with Crippen LogP contribution in [0.2, 0.25) is 0 Å². The maximum atomic E-state index is 12.2. The third-order valence-corrected chi connectivity index (χ3v) is 4.60. The van der Waals surface area contributed by atoms with Crippen molar-refractivity contribution in [2.45, 2.75) is 26.4 Å². The Labute approximate surface area is 127 Å². The molecule has 0 fully saturated rings. The van der Waals surface area contributed by atoms with E-state index in [0.29, 0.717) is 18.1 Å². The predicted molar refractivity (Wildman–Crippen MR) is 81.6 cm³/mol. The molecule has 2 N–H and O–H groups in total. The Balaban J connectivity index is 2.00. The first-order valence-electron chi connectivity index (χ1n) is 6.93. The van der Waals surface area contributed by atoms with Crippen molar-refractivity contribution in [1.29, 1.82) is 0 Å². The number of aromatic nitrogens is 2. The van der Waals surface area contributed by atoms with Gasteiger partial charge in [0.25, 0.3) is 5.91 Å². The SMILES string of the molecule is CO[C@@H](c1nc2c([nH]1)CC(C)(C)CNC2=O)c1cccs1. The topological polar surface area (TPSA) is 67.0 Å². The van der Waals surface area contributed by atoms with E-state index in [1.165, 1.54) is 0 Å². The summed E-state index contributed by atoms with van der Waals surface area (Å²) in [6.45, 7) is 4.93. The molecule has 0 bridgehead atoms. The number of thiophene rings is 1. The van der Waals surface area contributed by atoms with Gasteiger partial charge in [-0.25, -0.2) is 4.98 Å². The van der Waals surface area contributed by atoms with E-state index in [1.807, 2.05) is 17.5 Å². The molecule has 3 heterocycles. The molecule has 1 atom stereocenters. The van der Waals surface area contributed by atoms with Crippen LogP contribution in [0.3, 0.4) is 0 Å². The third-order valence-electron chi connectivity index (χ3n) is 3.68. The number of imidazole rings is 1. The predicted octanol–water partition coefficient (Wildman–Crippen LogP) is 2.52. The molecule has 2 aromatic heterocycles. The molecule has 0 unspecified atom stereocenters. The minimum absolute atomic E-state index is 0.0101. The first-order chi connectivity index (χ1) is 10.00. The number of carbonyl (C=O) groups is 1. The van der Waals surface area contributed by atoms with Gasteiger partial charge >= 0.3 is 0 Å². The summed E-state index contributed by atoms with van der Waals surface area (Å²) >= 11 is 1.62. The first kappa shape index (κ1) is 14.3. The highest BCUT2D eigenvalue weighted by molar-refractivity contribution is 7.10. The highest BCUT2D eigenvalue weighted by atomic mass is 32.1. The first-order valence-corrected chi connectivity index (χ1v) is 7.81. The summed E-state index contributed by atoms with van der Waals surface area (Å²) in [6.07, 6.45) is 0.530. The summed E-state index contributed by atoms with van der Waals surface area (Å²) in [6, 6.07) is 3.99. The highest BCUT2D eigenvalue weighted by Crippen LogP contribution is 2.30. The Hall–Kier alpha value is -1.66. The number of hydrogen-bond donors (Lipinski definition) is 2.